The van der Waals surface area contributed by atoms with E-state index in [-0.39, 0.29) is 11.1 Å². The van der Waals surface area contributed by atoms with Crippen molar-refractivity contribution in [3.63, 3.8) is 0 Å². The summed E-state index contributed by atoms with van der Waals surface area (Å²) in [5.74, 6) is 1.16. The number of nitrogens with one attached hydrogen (secondary N) is 1. The monoisotopic (exact) mass is 267 g/mol. The lowest BCUT2D eigenvalue weighted by Gasteiger charge is -2.21. The van der Waals surface area contributed by atoms with Crippen molar-refractivity contribution < 1.29 is 4.79 Å². The van der Waals surface area contributed by atoms with Gasteiger partial charge in [-0.2, -0.15) is 17.0 Å². The quantitative estimate of drug-likeness (QED) is 0.831. The second-order valence-electron chi connectivity index (χ2n) is 3.79. The van der Waals surface area contributed by atoms with Gasteiger partial charge >= 0.3 is 0 Å². The first-order valence-corrected chi connectivity index (χ1v) is 6.62. The molecule has 1 saturated heterocycles. The van der Waals surface area contributed by atoms with E-state index in [1.807, 2.05) is 0 Å². The number of nitriles is 1. The molecule has 88 valence electrons. The largest absolute Gasteiger partial charge is 0.333 e. The van der Waals surface area contributed by atoms with Gasteiger partial charge in [0, 0.05) is 11.9 Å². The maximum absolute atomic E-state index is 12.0. The number of aromatic nitrogens is 1. The van der Waals surface area contributed by atoms with E-state index in [4.69, 9.17) is 16.9 Å². The molecule has 17 heavy (non-hydrogen) atoms. The van der Waals surface area contributed by atoms with Crippen LogP contribution in [0.5, 0.6) is 0 Å². The van der Waals surface area contributed by atoms with Gasteiger partial charge in [-0.1, -0.05) is 11.6 Å². The van der Waals surface area contributed by atoms with E-state index in [1.165, 1.54) is 6.20 Å². The fourth-order valence-electron chi connectivity index (χ4n) is 1.62. The molecule has 0 radical (unpaired) electrons. The van der Waals surface area contributed by atoms with Crippen molar-refractivity contribution in [2.75, 3.05) is 11.5 Å². The molecule has 0 aliphatic carbocycles. The number of rotatable bonds is 2. The highest BCUT2D eigenvalue weighted by atomic mass is 35.5. The van der Waals surface area contributed by atoms with Crippen LogP contribution in [0.4, 0.5) is 0 Å². The van der Waals surface area contributed by atoms with Crippen LogP contribution in [0.2, 0.25) is 5.15 Å². The van der Waals surface area contributed by atoms with Crippen molar-refractivity contribution in [1.29, 1.82) is 5.26 Å². The van der Waals surface area contributed by atoms with Crippen LogP contribution in [0.1, 0.15) is 16.8 Å². The maximum atomic E-state index is 12.0. The first-order chi connectivity index (χ1) is 8.17. The predicted octanol–water partition coefficient (Wildman–Crippen LogP) is 1.86. The van der Waals surface area contributed by atoms with Gasteiger partial charge in [0.15, 0.2) is 0 Å². The van der Waals surface area contributed by atoms with Crippen LogP contribution in [0.3, 0.4) is 0 Å². The molecule has 1 aromatic rings. The molecule has 1 unspecified atom stereocenters. The first-order valence-electron chi connectivity index (χ1n) is 5.09. The van der Waals surface area contributed by atoms with E-state index >= 15 is 0 Å². The Bertz CT molecular complexity index is 480. The molecule has 1 aliphatic rings. The fraction of sp³-hybridized carbons (Fsp3) is 0.364. The van der Waals surface area contributed by atoms with E-state index in [0.717, 1.165) is 5.75 Å². The maximum Gasteiger partial charge on any atom is 0.255 e. The first kappa shape index (κ1) is 12.2. The number of pyridine rings is 1. The van der Waals surface area contributed by atoms with Crippen LogP contribution in [0.15, 0.2) is 18.3 Å². The van der Waals surface area contributed by atoms with Gasteiger partial charge in [-0.05, 0) is 24.3 Å². The highest BCUT2D eigenvalue weighted by molar-refractivity contribution is 7.99. The zero-order valence-electron chi connectivity index (χ0n) is 8.94. The molecule has 0 bridgehead atoms. The summed E-state index contributed by atoms with van der Waals surface area (Å²) < 4.78 is 0. The minimum absolute atomic E-state index is 0.156. The predicted molar refractivity (Wildman–Crippen MR) is 67.0 cm³/mol. The van der Waals surface area contributed by atoms with Crippen molar-refractivity contribution in [3.05, 3.63) is 29.0 Å². The molecular weight excluding hydrogens is 258 g/mol. The Morgan fingerprint density at radius 1 is 1.71 bits per heavy atom. The summed E-state index contributed by atoms with van der Waals surface area (Å²) in [7, 11) is 0. The summed E-state index contributed by atoms with van der Waals surface area (Å²) >= 11 is 7.49. The molecule has 1 aliphatic heterocycles. The van der Waals surface area contributed by atoms with E-state index in [2.05, 4.69) is 16.4 Å². The third-order valence-electron chi connectivity index (χ3n) is 2.59. The van der Waals surface area contributed by atoms with Gasteiger partial charge in [-0.3, -0.25) is 4.79 Å². The van der Waals surface area contributed by atoms with Crippen LogP contribution in [0, 0.1) is 11.3 Å². The summed E-state index contributed by atoms with van der Waals surface area (Å²) in [6.45, 7) is 0. The van der Waals surface area contributed by atoms with Gasteiger partial charge in [0.25, 0.3) is 5.91 Å². The van der Waals surface area contributed by atoms with Gasteiger partial charge in [-0.15, -0.1) is 0 Å². The summed E-state index contributed by atoms with van der Waals surface area (Å²) in [5, 5.41) is 12.1. The minimum atomic E-state index is -0.763. The smallest absolute Gasteiger partial charge is 0.255 e. The van der Waals surface area contributed by atoms with Gasteiger partial charge in [-0.25, -0.2) is 4.98 Å². The Morgan fingerprint density at radius 3 is 3.12 bits per heavy atom. The molecule has 0 aromatic carbocycles. The third-order valence-corrected chi connectivity index (χ3v) is 4.08. The third kappa shape index (κ3) is 2.54. The highest BCUT2D eigenvalue weighted by Crippen LogP contribution is 2.28. The molecule has 6 heteroatoms. The number of nitrogens with zero attached hydrogens (tertiary/aromatic N) is 2. The Labute approximate surface area is 108 Å². The minimum Gasteiger partial charge on any atom is -0.333 e. The van der Waals surface area contributed by atoms with Crippen molar-refractivity contribution in [3.8, 4) is 6.07 Å². The molecule has 2 rings (SSSR count). The van der Waals surface area contributed by atoms with Gasteiger partial charge < -0.3 is 5.32 Å². The highest BCUT2D eigenvalue weighted by Gasteiger charge is 2.36. The molecule has 2 heterocycles. The van der Waals surface area contributed by atoms with Crippen LogP contribution in [-0.4, -0.2) is 27.9 Å². The average molecular weight is 268 g/mol. The summed E-state index contributed by atoms with van der Waals surface area (Å²) in [4.78, 5) is 15.8. The van der Waals surface area contributed by atoms with E-state index in [0.29, 0.717) is 17.7 Å². The van der Waals surface area contributed by atoms with Crippen LogP contribution in [0.25, 0.3) is 0 Å². The number of amides is 1. The summed E-state index contributed by atoms with van der Waals surface area (Å²) in [6, 6.07) is 5.42. The average Bonchev–Trinajstić information content (AvgIpc) is 2.79. The molecule has 1 atom stereocenters. The fourth-order valence-corrected chi connectivity index (χ4v) is 3.09. The lowest BCUT2D eigenvalue weighted by Crippen LogP contribution is -2.47. The molecule has 1 fully saturated rings. The Balaban J connectivity index is 2.17. The number of thioether (sulfide) groups is 1. The molecular formula is C11H10ClN3OS. The second-order valence-corrected chi connectivity index (χ2v) is 5.26. The molecule has 1 amide bonds. The van der Waals surface area contributed by atoms with E-state index < -0.39 is 5.54 Å². The van der Waals surface area contributed by atoms with Crippen LogP contribution < -0.4 is 5.32 Å². The Kier molecular flexibility index (Phi) is 3.55. The van der Waals surface area contributed by atoms with Crippen LogP contribution in [-0.2, 0) is 0 Å². The molecule has 1 N–H and O–H groups in total. The van der Waals surface area contributed by atoms with Crippen molar-refractivity contribution >= 4 is 29.3 Å². The molecule has 1 aromatic heterocycles. The number of carbonyl (C=O) groups is 1. The number of hydrogen-bond donors (Lipinski definition) is 1. The van der Waals surface area contributed by atoms with Gasteiger partial charge in [0.1, 0.15) is 10.7 Å². The van der Waals surface area contributed by atoms with Crippen molar-refractivity contribution in [1.82, 2.24) is 10.3 Å². The molecule has 0 saturated carbocycles. The lowest BCUT2D eigenvalue weighted by atomic mass is 10.0. The zero-order valence-corrected chi connectivity index (χ0v) is 10.5. The summed E-state index contributed by atoms with van der Waals surface area (Å²) in [5.41, 5.74) is -0.457. The standard InChI is InChI=1S/C11H10ClN3OS/c12-9-8(2-1-4-14-9)10(16)15-11(6-13)3-5-17-7-11/h1-2,4H,3,5,7H2,(H,15,16). The normalized spacial score (nSPS) is 23.1. The zero-order chi connectivity index (χ0) is 12.3. The van der Waals surface area contributed by atoms with E-state index in [9.17, 15) is 4.79 Å². The van der Waals surface area contributed by atoms with Crippen molar-refractivity contribution in [2.45, 2.75) is 12.0 Å². The van der Waals surface area contributed by atoms with Crippen molar-refractivity contribution in [2.24, 2.45) is 0 Å². The molecule has 4 nitrogen and oxygen atoms in total. The van der Waals surface area contributed by atoms with Crippen LogP contribution >= 0.6 is 23.4 Å². The number of carbonyl (C=O) groups excluding carboxylic acids is 1. The lowest BCUT2D eigenvalue weighted by molar-refractivity contribution is 0.0926. The Morgan fingerprint density at radius 2 is 2.53 bits per heavy atom. The Hall–Kier alpha value is -1.25. The van der Waals surface area contributed by atoms with Gasteiger partial charge in [0.2, 0.25) is 0 Å². The SMILES string of the molecule is N#CC1(NC(=O)c2cccnc2Cl)CCSC1. The molecule has 0 spiro atoms. The number of hydrogen-bond acceptors (Lipinski definition) is 4. The van der Waals surface area contributed by atoms with E-state index in [1.54, 1.807) is 23.9 Å². The second kappa shape index (κ2) is 4.94. The summed E-state index contributed by atoms with van der Waals surface area (Å²) in [6.07, 6.45) is 2.18. The topological polar surface area (TPSA) is 65.8 Å². The number of halogens is 1. The van der Waals surface area contributed by atoms with Gasteiger partial charge in [0.05, 0.1) is 11.6 Å².